The number of anilines is 1. The smallest absolute Gasteiger partial charge is 0.274 e. The summed E-state index contributed by atoms with van der Waals surface area (Å²) < 4.78 is 2.11. The first kappa shape index (κ1) is 17.9. The van der Waals surface area contributed by atoms with Crippen LogP contribution in [0.25, 0.3) is 0 Å². The zero-order chi connectivity index (χ0) is 18.8. The standard InChI is InChI=1S/C19H27N7O/c1-23-9-11-26(12-10-23)19(27)16-13-20-14-17(22-16)25-6-3-15(4-7-25)18-21-5-8-24(18)2/h5,8,13-15H,3-4,6-7,9-12H2,1-2H3. The molecule has 2 fully saturated rings. The Bertz CT molecular complexity index is 789. The largest absolute Gasteiger partial charge is 0.355 e. The zero-order valence-corrected chi connectivity index (χ0v) is 16.1. The minimum absolute atomic E-state index is 0.0136. The molecule has 2 saturated heterocycles. The van der Waals surface area contributed by atoms with Crippen molar-refractivity contribution in [1.29, 1.82) is 0 Å². The molecule has 27 heavy (non-hydrogen) atoms. The van der Waals surface area contributed by atoms with Gasteiger partial charge in [0.25, 0.3) is 5.91 Å². The van der Waals surface area contributed by atoms with Crippen LogP contribution in [0, 0.1) is 0 Å². The Kier molecular flexibility index (Phi) is 5.07. The van der Waals surface area contributed by atoms with Crippen LogP contribution in [0.3, 0.4) is 0 Å². The minimum atomic E-state index is -0.0136. The van der Waals surface area contributed by atoms with Crippen molar-refractivity contribution in [2.75, 3.05) is 51.2 Å². The maximum absolute atomic E-state index is 12.8. The number of hydrogen-bond donors (Lipinski definition) is 0. The lowest BCUT2D eigenvalue weighted by Gasteiger charge is -2.33. The van der Waals surface area contributed by atoms with Crippen molar-refractivity contribution in [1.82, 2.24) is 29.3 Å². The van der Waals surface area contributed by atoms with Crippen LogP contribution in [0.4, 0.5) is 5.82 Å². The van der Waals surface area contributed by atoms with E-state index in [2.05, 4.69) is 36.4 Å². The van der Waals surface area contributed by atoms with Crippen LogP contribution in [-0.4, -0.2) is 81.5 Å². The quantitative estimate of drug-likeness (QED) is 0.803. The van der Waals surface area contributed by atoms with Crippen molar-refractivity contribution >= 4 is 11.7 Å². The van der Waals surface area contributed by atoms with Gasteiger partial charge in [-0.1, -0.05) is 0 Å². The van der Waals surface area contributed by atoms with E-state index in [0.717, 1.165) is 63.8 Å². The lowest BCUT2D eigenvalue weighted by molar-refractivity contribution is 0.0658. The summed E-state index contributed by atoms with van der Waals surface area (Å²) in [7, 11) is 4.13. The van der Waals surface area contributed by atoms with Gasteiger partial charge in [0, 0.05) is 64.6 Å². The Labute approximate surface area is 159 Å². The SMILES string of the molecule is CN1CCN(C(=O)c2cncc(N3CCC(c4nccn4C)CC3)n2)CC1. The number of aromatic nitrogens is 4. The molecular formula is C19H27N7O. The van der Waals surface area contributed by atoms with Crippen LogP contribution in [0.15, 0.2) is 24.8 Å². The minimum Gasteiger partial charge on any atom is -0.355 e. The molecule has 0 spiro atoms. The van der Waals surface area contributed by atoms with Gasteiger partial charge in [0.05, 0.1) is 12.4 Å². The van der Waals surface area contributed by atoms with E-state index in [1.54, 1.807) is 12.4 Å². The summed E-state index contributed by atoms with van der Waals surface area (Å²) in [6, 6.07) is 0. The number of hydrogen-bond acceptors (Lipinski definition) is 6. The monoisotopic (exact) mass is 369 g/mol. The van der Waals surface area contributed by atoms with Crippen molar-refractivity contribution in [3.05, 3.63) is 36.3 Å². The average molecular weight is 369 g/mol. The fraction of sp³-hybridized carbons (Fsp3) is 0.579. The van der Waals surface area contributed by atoms with E-state index in [0.29, 0.717) is 11.6 Å². The molecule has 2 aromatic rings. The van der Waals surface area contributed by atoms with E-state index in [-0.39, 0.29) is 5.91 Å². The number of rotatable bonds is 3. The van der Waals surface area contributed by atoms with Gasteiger partial charge in [0.1, 0.15) is 17.3 Å². The first-order valence-corrected chi connectivity index (χ1v) is 9.64. The van der Waals surface area contributed by atoms with Crippen molar-refractivity contribution in [2.45, 2.75) is 18.8 Å². The second-order valence-electron chi connectivity index (χ2n) is 7.52. The fourth-order valence-corrected chi connectivity index (χ4v) is 3.92. The average Bonchev–Trinajstić information content (AvgIpc) is 3.14. The van der Waals surface area contributed by atoms with Crippen molar-refractivity contribution in [2.24, 2.45) is 7.05 Å². The highest BCUT2D eigenvalue weighted by Gasteiger charge is 2.26. The van der Waals surface area contributed by atoms with Crippen molar-refractivity contribution in [3.63, 3.8) is 0 Å². The number of piperazine rings is 1. The molecule has 0 radical (unpaired) electrons. The summed E-state index contributed by atoms with van der Waals surface area (Å²) in [6.07, 6.45) is 9.28. The number of nitrogens with zero attached hydrogens (tertiary/aromatic N) is 7. The molecule has 0 N–H and O–H groups in total. The molecule has 0 bridgehead atoms. The molecule has 1 amide bonds. The number of carbonyl (C=O) groups excluding carboxylic acids is 1. The van der Waals surface area contributed by atoms with Gasteiger partial charge in [-0.3, -0.25) is 9.78 Å². The maximum Gasteiger partial charge on any atom is 0.274 e. The number of aryl methyl sites for hydroxylation is 1. The highest BCUT2D eigenvalue weighted by Crippen LogP contribution is 2.28. The first-order valence-electron chi connectivity index (χ1n) is 9.64. The topological polar surface area (TPSA) is 70.4 Å². The number of amides is 1. The van der Waals surface area contributed by atoms with Crippen LogP contribution >= 0.6 is 0 Å². The highest BCUT2D eigenvalue weighted by atomic mass is 16.2. The second-order valence-corrected chi connectivity index (χ2v) is 7.52. The van der Waals surface area contributed by atoms with Crippen LogP contribution in [0.1, 0.15) is 35.1 Å². The summed E-state index contributed by atoms with van der Waals surface area (Å²) >= 11 is 0. The molecule has 0 aromatic carbocycles. The van der Waals surface area contributed by atoms with Gasteiger partial charge < -0.3 is 19.3 Å². The molecule has 8 nitrogen and oxygen atoms in total. The van der Waals surface area contributed by atoms with Crippen molar-refractivity contribution in [3.8, 4) is 0 Å². The summed E-state index contributed by atoms with van der Waals surface area (Å²) in [5, 5.41) is 0. The van der Waals surface area contributed by atoms with E-state index in [9.17, 15) is 4.79 Å². The van der Waals surface area contributed by atoms with Crippen LogP contribution in [0.5, 0.6) is 0 Å². The molecule has 4 rings (SSSR count). The predicted octanol–water partition coefficient (Wildman–Crippen LogP) is 0.982. The molecule has 2 aliphatic rings. The van der Waals surface area contributed by atoms with Gasteiger partial charge in [-0.2, -0.15) is 0 Å². The first-order chi connectivity index (χ1) is 13.1. The number of carbonyl (C=O) groups is 1. The molecular weight excluding hydrogens is 342 g/mol. The summed E-state index contributed by atoms with van der Waals surface area (Å²) in [6.45, 7) is 5.10. The van der Waals surface area contributed by atoms with E-state index in [1.807, 2.05) is 24.3 Å². The van der Waals surface area contributed by atoms with Gasteiger partial charge in [-0.05, 0) is 19.9 Å². The zero-order valence-electron chi connectivity index (χ0n) is 16.1. The Morgan fingerprint density at radius 1 is 1.04 bits per heavy atom. The molecule has 0 atom stereocenters. The second kappa shape index (κ2) is 7.64. The Morgan fingerprint density at radius 2 is 1.78 bits per heavy atom. The van der Waals surface area contributed by atoms with E-state index in [4.69, 9.17) is 0 Å². The molecule has 0 aliphatic carbocycles. The summed E-state index contributed by atoms with van der Waals surface area (Å²) in [5.41, 5.74) is 0.447. The Balaban J connectivity index is 1.41. The lowest BCUT2D eigenvalue weighted by Crippen LogP contribution is -2.47. The van der Waals surface area contributed by atoms with Gasteiger partial charge in [0.15, 0.2) is 0 Å². The van der Waals surface area contributed by atoms with Crippen molar-refractivity contribution < 1.29 is 4.79 Å². The van der Waals surface area contributed by atoms with Gasteiger partial charge in [-0.25, -0.2) is 9.97 Å². The molecule has 144 valence electrons. The number of likely N-dealkylation sites (N-methyl/N-ethyl adjacent to an activating group) is 1. The van der Waals surface area contributed by atoms with Crippen LogP contribution < -0.4 is 4.90 Å². The molecule has 0 unspecified atom stereocenters. The van der Waals surface area contributed by atoms with Crippen LogP contribution in [0.2, 0.25) is 0 Å². The molecule has 8 heteroatoms. The van der Waals surface area contributed by atoms with Gasteiger partial charge in [0.2, 0.25) is 0 Å². The van der Waals surface area contributed by atoms with Gasteiger partial charge >= 0.3 is 0 Å². The predicted molar refractivity (Wildman–Crippen MR) is 103 cm³/mol. The third-order valence-electron chi connectivity index (χ3n) is 5.67. The lowest BCUT2D eigenvalue weighted by atomic mass is 9.96. The normalized spacial score (nSPS) is 19.5. The Morgan fingerprint density at radius 3 is 2.44 bits per heavy atom. The van der Waals surface area contributed by atoms with Crippen LogP contribution in [-0.2, 0) is 7.05 Å². The third kappa shape index (κ3) is 3.80. The third-order valence-corrected chi connectivity index (χ3v) is 5.67. The van der Waals surface area contributed by atoms with E-state index in [1.165, 1.54) is 0 Å². The summed E-state index contributed by atoms with van der Waals surface area (Å²) in [4.78, 5) is 32.5. The summed E-state index contributed by atoms with van der Waals surface area (Å²) in [5.74, 6) is 2.41. The Hall–Kier alpha value is -2.48. The number of imidazole rings is 1. The fourth-order valence-electron chi connectivity index (χ4n) is 3.92. The van der Waals surface area contributed by atoms with E-state index < -0.39 is 0 Å². The van der Waals surface area contributed by atoms with Gasteiger partial charge in [-0.15, -0.1) is 0 Å². The number of piperidine rings is 1. The molecule has 2 aromatic heterocycles. The molecule has 0 saturated carbocycles. The molecule has 4 heterocycles. The molecule has 2 aliphatic heterocycles. The highest BCUT2D eigenvalue weighted by molar-refractivity contribution is 5.92. The van der Waals surface area contributed by atoms with E-state index >= 15 is 0 Å². The maximum atomic E-state index is 12.8.